The van der Waals surface area contributed by atoms with Gasteiger partial charge in [-0.25, -0.2) is 0 Å². The summed E-state index contributed by atoms with van der Waals surface area (Å²) in [5, 5.41) is 18.8. The lowest BCUT2D eigenvalue weighted by Gasteiger charge is -2.11. The van der Waals surface area contributed by atoms with E-state index in [1.807, 2.05) is 6.07 Å². The summed E-state index contributed by atoms with van der Waals surface area (Å²) in [4.78, 5) is 11.7. The fourth-order valence-corrected chi connectivity index (χ4v) is 1.68. The quantitative estimate of drug-likeness (QED) is 0.795. The van der Waals surface area contributed by atoms with Gasteiger partial charge in [-0.05, 0) is 24.8 Å². The van der Waals surface area contributed by atoms with Crippen molar-refractivity contribution in [3.8, 4) is 11.9 Å². The Kier molecular flexibility index (Phi) is 5.58. The molecular formula is C14H20N2O3. The zero-order chi connectivity index (χ0) is 14.4. The van der Waals surface area contributed by atoms with Gasteiger partial charge in [0.05, 0.1) is 13.2 Å². The van der Waals surface area contributed by atoms with Crippen molar-refractivity contribution in [2.45, 2.75) is 33.7 Å². The maximum atomic E-state index is 11.7. The van der Waals surface area contributed by atoms with Gasteiger partial charge >= 0.3 is 0 Å². The first-order valence-electron chi connectivity index (χ1n) is 6.38. The van der Waals surface area contributed by atoms with Gasteiger partial charge in [-0.2, -0.15) is 5.26 Å². The minimum absolute atomic E-state index is 0.141. The van der Waals surface area contributed by atoms with E-state index in [0.29, 0.717) is 24.7 Å². The number of aryl methyl sites for hydroxylation is 1. The number of nitrogens with zero attached hydrogens (tertiary/aromatic N) is 2. The highest BCUT2D eigenvalue weighted by atomic mass is 16.5. The first-order valence-corrected chi connectivity index (χ1v) is 6.38. The van der Waals surface area contributed by atoms with Crippen LogP contribution in [0.25, 0.3) is 0 Å². The van der Waals surface area contributed by atoms with Gasteiger partial charge in [0.2, 0.25) is 5.88 Å². The van der Waals surface area contributed by atoms with Gasteiger partial charge in [0.25, 0.3) is 5.56 Å². The Bertz CT molecular complexity index is 527. The van der Waals surface area contributed by atoms with E-state index in [9.17, 15) is 9.90 Å². The summed E-state index contributed by atoms with van der Waals surface area (Å²) in [6.07, 6.45) is 0.957. The predicted molar refractivity (Wildman–Crippen MR) is 72.1 cm³/mol. The summed E-state index contributed by atoms with van der Waals surface area (Å²) in [6, 6.07) is 3.25. The molecule has 0 aliphatic carbocycles. The van der Waals surface area contributed by atoms with Crippen molar-refractivity contribution >= 4 is 0 Å². The van der Waals surface area contributed by atoms with Gasteiger partial charge in [-0.3, -0.25) is 9.36 Å². The molecule has 0 aliphatic rings. The molecule has 0 saturated carbocycles. The Morgan fingerprint density at radius 2 is 2.16 bits per heavy atom. The second-order valence-electron chi connectivity index (χ2n) is 4.92. The molecule has 104 valence electrons. The molecule has 0 atom stereocenters. The zero-order valence-electron chi connectivity index (χ0n) is 11.6. The lowest BCUT2D eigenvalue weighted by Crippen LogP contribution is -2.23. The molecule has 5 nitrogen and oxygen atoms in total. The highest BCUT2D eigenvalue weighted by Gasteiger charge is 2.11. The molecule has 0 fully saturated rings. The summed E-state index contributed by atoms with van der Waals surface area (Å²) in [5.74, 6) is 0.292. The molecule has 0 radical (unpaired) electrons. The molecule has 0 aliphatic heterocycles. The maximum Gasteiger partial charge on any atom is 0.253 e. The number of aromatic hydroxyl groups is 1. The van der Waals surface area contributed by atoms with Crippen LogP contribution in [-0.2, 0) is 11.3 Å². The van der Waals surface area contributed by atoms with Crippen LogP contribution in [0.2, 0.25) is 0 Å². The number of hydrogen-bond donors (Lipinski definition) is 1. The molecule has 1 aromatic rings. The van der Waals surface area contributed by atoms with Gasteiger partial charge in [0, 0.05) is 12.7 Å². The summed E-state index contributed by atoms with van der Waals surface area (Å²) in [5.41, 5.74) is 0.310. The van der Waals surface area contributed by atoms with E-state index in [4.69, 9.17) is 10.00 Å². The van der Waals surface area contributed by atoms with E-state index < -0.39 is 0 Å². The Morgan fingerprint density at radius 1 is 1.47 bits per heavy atom. The van der Waals surface area contributed by atoms with Crippen LogP contribution in [0.3, 0.4) is 0 Å². The third-order valence-corrected chi connectivity index (χ3v) is 2.89. The molecule has 0 amide bonds. The molecule has 1 heterocycles. The Morgan fingerprint density at radius 3 is 2.74 bits per heavy atom. The molecule has 0 unspecified atom stereocenters. The predicted octanol–water partition coefficient (Wildman–Crippen LogP) is 1.80. The largest absolute Gasteiger partial charge is 0.493 e. The molecule has 19 heavy (non-hydrogen) atoms. The van der Waals surface area contributed by atoms with Crippen molar-refractivity contribution in [2.75, 3.05) is 13.2 Å². The van der Waals surface area contributed by atoms with E-state index in [1.54, 1.807) is 6.92 Å². The first kappa shape index (κ1) is 15.3. The summed E-state index contributed by atoms with van der Waals surface area (Å²) < 4.78 is 6.58. The normalized spacial score (nSPS) is 10.7. The second kappa shape index (κ2) is 6.95. The van der Waals surface area contributed by atoms with Crippen LogP contribution in [0.15, 0.2) is 10.9 Å². The van der Waals surface area contributed by atoms with E-state index in [-0.39, 0.29) is 23.5 Å². The molecule has 5 heteroatoms. The summed E-state index contributed by atoms with van der Waals surface area (Å²) in [6.45, 7) is 7.07. The molecule has 0 saturated heterocycles. The third-order valence-electron chi connectivity index (χ3n) is 2.89. The van der Waals surface area contributed by atoms with Crippen LogP contribution >= 0.6 is 0 Å². The van der Waals surface area contributed by atoms with Crippen LogP contribution in [0.1, 0.15) is 31.4 Å². The van der Waals surface area contributed by atoms with Crippen molar-refractivity contribution in [2.24, 2.45) is 5.92 Å². The summed E-state index contributed by atoms with van der Waals surface area (Å²) in [7, 11) is 0. The van der Waals surface area contributed by atoms with Crippen molar-refractivity contribution in [3.05, 3.63) is 27.5 Å². The Labute approximate surface area is 113 Å². The number of ether oxygens (including phenoxy) is 1. The van der Waals surface area contributed by atoms with E-state index in [2.05, 4.69) is 13.8 Å². The van der Waals surface area contributed by atoms with Crippen LogP contribution in [-0.4, -0.2) is 22.9 Å². The lowest BCUT2D eigenvalue weighted by molar-refractivity contribution is 0.114. The van der Waals surface area contributed by atoms with Crippen molar-refractivity contribution in [1.29, 1.82) is 5.26 Å². The molecular weight excluding hydrogens is 244 g/mol. The summed E-state index contributed by atoms with van der Waals surface area (Å²) >= 11 is 0. The molecule has 1 aromatic heterocycles. The number of pyridine rings is 1. The minimum Gasteiger partial charge on any atom is -0.493 e. The molecule has 0 spiro atoms. The van der Waals surface area contributed by atoms with E-state index in [1.165, 1.54) is 10.6 Å². The van der Waals surface area contributed by atoms with Crippen LogP contribution in [0, 0.1) is 24.2 Å². The van der Waals surface area contributed by atoms with Crippen LogP contribution in [0.5, 0.6) is 5.88 Å². The average molecular weight is 264 g/mol. The van der Waals surface area contributed by atoms with Crippen LogP contribution < -0.4 is 5.56 Å². The standard InChI is InChI=1S/C14H20N2O3/c1-10(2)4-6-19-7-5-16-13(17)8-11(3)12(9-15)14(16)18/h8,10,18H,4-7H2,1-3H3. The van der Waals surface area contributed by atoms with E-state index >= 15 is 0 Å². The minimum atomic E-state index is -0.318. The molecule has 1 N–H and O–H groups in total. The fraction of sp³-hybridized carbons (Fsp3) is 0.571. The molecule has 0 bridgehead atoms. The monoisotopic (exact) mass is 264 g/mol. The lowest BCUT2D eigenvalue weighted by atomic mass is 10.1. The Hall–Kier alpha value is -1.80. The van der Waals surface area contributed by atoms with Gasteiger partial charge in [-0.15, -0.1) is 0 Å². The smallest absolute Gasteiger partial charge is 0.253 e. The number of nitriles is 1. The van der Waals surface area contributed by atoms with Crippen molar-refractivity contribution in [1.82, 2.24) is 4.57 Å². The van der Waals surface area contributed by atoms with Crippen LogP contribution in [0.4, 0.5) is 0 Å². The van der Waals surface area contributed by atoms with Crippen molar-refractivity contribution in [3.63, 3.8) is 0 Å². The number of rotatable bonds is 6. The number of hydrogen-bond acceptors (Lipinski definition) is 4. The van der Waals surface area contributed by atoms with Gasteiger partial charge in [-0.1, -0.05) is 13.8 Å². The highest BCUT2D eigenvalue weighted by molar-refractivity contribution is 5.43. The Balaban J connectivity index is 2.69. The SMILES string of the molecule is Cc1cc(=O)n(CCOCCC(C)C)c(O)c1C#N. The highest BCUT2D eigenvalue weighted by Crippen LogP contribution is 2.17. The second-order valence-corrected chi connectivity index (χ2v) is 4.92. The number of aromatic nitrogens is 1. The maximum absolute atomic E-state index is 11.7. The zero-order valence-corrected chi connectivity index (χ0v) is 11.6. The topological polar surface area (TPSA) is 75.2 Å². The fourth-order valence-electron chi connectivity index (χ4n) is 1.68. The molecule has 0 aromatic carbocycles. The third kappa shape index (κ3) is 4.11. The first-order chi connectivity index (χ1) is 8.97. The van der Waals surface area contributed by atoms with Gasteiger partial charge in [0.1, 0.15) is 11.6 Å². The molecule has 1 rings (SSSR count). The van der Waals surface area contributed by atoms with Gasteiger partial charge in [0.15, 0.2) is 0 Å². The van der Waals surface area contributed by atoms with E-state index in [0.717, 1.165) is 6.42 Å². The van der Waals surface area contributed by atoms with Crippen molar-refractivity contribution < 1.29 is 9.84 Å². The average Bonchev–Trinajstić information content (AvgIpc) is 2.32. The van der Waals surface area contributed by atoms with Gasteiger partial charge < -0.3 is 9.84 Å².